The summed E-state index contributed by atoms with van der Waals surface area (Å²) >= 11 is 1.80. The zero-order chi connectivity index (χ0) is 11.7. The number of thioether (sulfide) groups is 1. The van der Waals surface area contributed by atoms with Crippen molar-refractivity contribution in [1.82, 2.24) is 9.55 Å². The smallest absolute Gasteiger partial charge is 0.331 e. The lowest BCUT2D eigenvalue weighted by molar-refractivity contribution is 0.393. The first kappa shape index (κ1) is 11.3. The van der Waals surface area contributed by atoms with Crippen molar-refractivity contribution in [2.24, 2.45) is 0 Å². The van der Waals surface area contributed by atoms with Crippen molar-refractivity contribution in [1.29, 1.82) is 0 Å². The first-order valence-corrected chi connectivity index (χ1v) is 6.28. The van der Waals surface area contributed by atoms with Gasteiger partial charge in [0.15, 0.2) is 0 Å². The van der Waals surface area contributed by atoms with E-state index in [0.717, 1.165) is 18.6 Å². The number of hydrogen-bond acceptors (Lipinski definition) is 4. The van der Waals surface area contributed by atoms with E-state index >= 15 is 0 Å². The zero-order valence-corrected chi connectivity index (χ0v) is 9.84. The van der Waals surface area contributed by atoms with E-state index in [2.05, 4.69) is 4.98 Å². The van der Waals surface area contributed by atoms with Gasteiger partial charge in [0.25, 0.3) is 5.56 Å². The molecule has 1 atom stereocenters. The van der Waals surface area contributed by atoms with Gasteiger partial charge in [0.05, 0.1) is 5.56 Å². The van der Waals surface area contributed by atoms with Gasteiger partial charge in [0.2, 0.25) is 5.88 Å². The molecule has 1 unspecified atom stereocenters. The van der Waals surface area contributed by atoms with E-state index in [9.17, 15) is 14.7 Å². The molecule has 2 N–H and O–H groups in total. The van der Waals surface area contributed by atoms with E-state index in [4.69, 9.17) is 0 Å². The lowest BCUT2D eigenvalue weighted by Gasteiger charge is -2.13. The zero-order valence-electron chi connectivity index (χ0n) is 9.02. The first-order valence-electron chi connectivity index (χ1n) is 5.24. The van der Waals surface area contributed by atoms with Crippen LogP contribution in [0.4, 0.5) is 0 Å². The molecule has 88 valence electrons. The molecule has 1 aliphatic heterocycles. The van der Waals surface area contributed by atoms with Crippen LogP contribution in [0.25, 0.3) is 0 Å². The van der Waals surface area contributed by atoms with Gasteiger partial charge in [-0.1, -0.05) is 0 Å². The Morgan fingerprint density at radius 2 is 2.31 bits per heavy atom. The predicted octanol–water partition coefficient (Wildman–Crippen LogP) is 0.446. The van der Waals surface area contributed by atoms with E-state index < -0.39 is 11.2 Å². The molecule has 2 heterocycles. The molecule has 5 nitrogen and oxygen atoms in total. The summed E-state index contributed by atoms with van der Waals surface area (Å²) in [4.78, 5) is 25.0. The molecular formula is C10H14N2O3S. The van der Waals surface area contributed by atoms with Crippen molar-refractivity contribution in [3.05, 3.63) is 26.4 Å². The molecule has 0 amide bonds. The van der Waals surface area contributed by atoms with Crippen molar-refractivity contribution < 1.29 is 5.11 Å². The molecule has 0 bridgehead atoms. The number of rotatable bonds is 2. The van der Waals surface area contributed by atoms with E-state index in [1.807, 2.05) is 0 Å². The number of H-pyrrole nitrogens is 1. The molecule has 16 heavy (non-hydrogen) atoms. The van der Waals surface area contributed by atoms with Crippen LogP contribution in [0.15, 0.2) is 9.59 Å². The minimum absolute atomic E-state index is 0.197. The maximum Gasteiger partial charge on any atom is 0.331 e. The highest BCUT2D eigenvalue weighted by Gasteiger charge is 2.19. The summed E-state index contributed by atoms with van der Waals surface area (Å²) in [6.45, 7) is 1.97. The largest absolute Gasteiger partial charge is 0.494 e. The van der Waals surface area contributed by atoms with E-state index in [0.29, 0.717) is 11.8 Å². The van der Waals surface area contributed by atoms with Crippen molar-refractivity contribution in [2.75, 3.05) is 5.75 Å². The van der Waals surface area contributed by atoms with Gasteiger partial charge in [0, 0.05) is 11.8 Å². The minimum atomic E-state index is -0.527. The molecule has 1 aromatic rings. The molecule has 0 radical (unpaired) electrons. The number of nitrogens with one attached hydrogen (secondary N) is 1. The van der Waals surface area contributed by atoms with E-state index in [1.165, 1.54) is 11.5 Å². The molecule has 0 aliphatic carbocycles. The summed E-state index contributed by atoms with van der Waals surface area (Å²) < 4.78 is 1.25. The third-order valence-electron chi connectivity index (χ3n) is 2.81. The van der Waals surface area contributed by atoms with Crippen molar-refractivity contribution in [3.8, 4) is 5.88 Å². The maximum atomic E-state index is 11.5. The SMILES string of the molecule is Cc1c(O)n(CC2CCCS2)c(=O)[nH]c1=O. The van der Waals surface area contributed by atoms with Crippen molar-refractivity contribution in [2.45, 2.75) is 31.6 Å². The minimum Gasteiger partial charge on any atom is -0.494 e. The Hall–Kier alpha value is -1.17. The van der Waals surface area contributed by atoms with Crippen LogP contribution >= 0.6 is 11.8 Å². The molecule has 2 rings (SSSR count). The highest BCUT2D eigenvalue weighted by Crippen LogP contribution is 2.27. The Morgan fingerprint density at radius 1 is 1.56 bits per heavy atom. The third kappa shape index (κ3) is 2.02. The van der Waals surface area contributed by atoms with Crippen molar-refractivity contribution >= 4 is 11.8 Å². The summed E-state index contributed by atoms with van der Waals surface area (Å²) in [6.07, 6.45) is 2.20. The second-order valence-corrected chi connectivity index (χ2v) is 5.36. The van der Waals surface area contributed by atoms with Gasteiger partial charge in [-0.05, 0) is 25.5 Å². The van der Waals surface area contributed by atoms with Crippen molar-refractivity contribution in [3.63, 3.8) is 0 Å². The summed E-state index contributed by atoms with van der Waals surface area (Å²) in [5.74, 6) is 0.893. The molecule has 1 saturated heterocycles. The van der Waals surface area contributed by atoms with Crippen LogP contribution < -0.4 is 11.2 Å². The van der Waals surface area contributed by atoms with Gasteiger partial charge in [-0.3, -0.25) is 14.3 Å². The number of nitrogens with zero attached hydrogens (tertiary/aromatic N) is 1. The van der Waals surface area contributed by atoms with E-state index in [1.54, 1.807) is 11.8 Å². The number of aromatic nitrogens is 2. The fourth-order valence-corrected chi connectivity index (χ4v) is 3.07. The molecule has 1 aromatic heterocycles. The first-order chi connectivity index (χ1) is 7.59. The lowest BCUT2D eigenvalue weighted by atomic mass is 10.2. The Kier molecular flexibility index (Phi) is 3.09. The monoisotopic (exact) mass is 242 g/mol. The lowest BCUT2D eigenvalue weighted by Crippen LogP contribution is -2.33. The maximum absolute atomic E-state index is 11.5. The molecule has 1 fully saturated rings. The quantitative estimate of drug-likeness (QED) is 0.789. The Bertz CT molecular complexity index is 500. The highest BCUT2D eigenvalue weighted by atomic mass is 32.2. The van der Waals surface area contributed by atoms with Crippen LogP contribution in [-0.2, 0) is 6.54 Å². The van der Waals surface area contributed by atoms with Crippen LogP contribution in [0.2, 0.25) is 0 Å². The van der Waals surface area contributed by atoms with Crippen LogP contribution in [0, 0.1) is 6.92 Å². The summed E-state index contributed by atoms with van der Waals surface area (Å²) in [7, 11) is 0. The summed E-state index contributed by atoms with van der Waals surface area (Å²) in [5, 5.41) is 10.1. The Morgan fingerprint density at radius 3 is 2.94 bits per heavy atom. The van der Waals surface area contributed by atoms with Gasteiger partial charge >= 0.3 is 5.69 Å². The number of hydrogen-bond donors (Lipinski definition) is 2. The molecular weight excluding hydrogens is 228 g/mol. The number of aromatic hydroxyl groups is 1. The van der Waals surface area contributed by atoms with Gasteiger partial charge in [-0.2, -0.15) is 11.8 Å². The molecule has 6 heteroatoms. The van der Waals surface area contributed by atoms with Crippen LogP contribution in [0.5, 0.6) is 5.88 Å². The average Bonchev–Trinajstić information content (AvgIpc) is 2.74. The Balaban J connectivity index is 2.36. The van der Waals surface area contributed by atoms with Gasteiger partial charge in [0.1, 0.15) is 0 Å². The second-order valence-electron chi connectivity index (χ2n) is 3.95. The Labute approximate surface area is 96.5 Å². The topological polar surface area (TPSA) is 75.1 Å². The van der Waals surface area contributed by atoms with Gasteiger partial charge in [-0.25, -0.2) is 4.79 Å². The van der Waals surface area contributed by atoms with Crippen LogP contribution in [-0.4, -0.2) is 25.7 Å². The highest BCUT2D eigenvalue weighted by molar-refractivity contribution is 8.00. The van der Waals surface area contributed by atoms with E-state index in [-0.39, 0.29) is 11.4 Å². The predicted molar refractivity (Wildman–Crippen MR) is 63.2 cm³/mol. The summed E-state index contributed by atoms with van der Waals surface area (Å²) in [6, 6.07) is 0. The molecule has 0 saturated carbocycles. The average molecular weight is 242 g/mol. The normalized spacial score (nSPS) is 20.2. The standard InChI is InChI=1S/C10H14N2O3S/c1-6-8(13)11-10(15)12(9(6)14)5-7-3-2-4-16-7/h7,14H,2-5H2,1H3,(H,11,13,15). The summed E-state index contributed by atoms with van der Waals surface area (Å²) in [5.41, 5.74) is -0.846. The van der Waals surface area contributed by atoms with Gasteiger partial charge < -0.3 is 5.11 Å². The van der Waals surface area contributed by atoms with Crippen LogP contribution in [0.3, 0.4) is 0 Å². The fourth-order valence-electron chi connectivity index (χ4n) is 1.82. The molecule has 0 spiro atoms. The molecule has 1 aliphatic rings. The fraction of sp³-hybridized carbons (Fsp3) is 0.600. The number of aromatic amines is 1. The van der Waals surface area contributed by atoms with Gasteiger partial charge in [-0.15, -0.1) is 0 Å². The van der Waals surface area contributed by atoms with Crippen LogP contribution in [0.1, 0.15) is 18.4 Å². The third-order valence-corrected chi connectivity index (χ3v) is 4.19. The second kappa shape index (κ2) is 4.37. The molecule has 0 aromatic carbocycles.